The lowest BCUT2D eigenvalue weighted by molar-refractivity contribution is 0.0544. The second-order valence-electron chi connectivity index (χ2n) is 7.98. The predicted octanol–water partition coefficient (Wildman–Crippen LogP) is 2.22. The van der Waals surface area contributed by atoms with E-state index in [1.54, 1.807) is 31.3 Å². The first-order valence-corrected chi connectivity index (χ1v) is 11.9. The van der Waals surface area contributed by atoms with Crippen molar-refractivity contribution in [2.75, 3.05) is 20.1 Å². The Kier molecular flexibility index (Phi) is 6.35. The molecule has 3 aromatic rings. The number of phenolic OH excluding ortho intramolecular Hbond substituents is 2. The molecule has 2 atom stereocenters. The number of benzene rings is 2. The van der Waals surface area contributed by atoms with Crippen molar-refractivity contribution in [3.8, 4) is 22.8 Å². The average molecular weight is 492 g/mol. The van der Waals surface area contributed by atoms with Crippen molar-refractivity contribution >= 4 is 43.7 Å². The van der Waals surface area contributed by atoms with Crippen LogP contribution in [0.3, 0.4) is 0 Å². The molecule has 1 aromatic heterocycles. The number of nitrogens with zero attached hydrogens (tertiary/aromatic N) is 1. The molecule has 0 amide bonds. The minimum absolute atomic E-state index is 0.0512. The highest BCUT2D eigenvalue weighted by molar-refractivity contribution is 7.46. The van der Waals surface area contributed by atoms with Crippen LogP contribution in [0.1, 0.15) is 17.9 Å². The van der Waals surface area contributed by atoms with Crippen LogP contribution in [0.15, 0.2) is 39.5 Å². The van der Waals surface area contributed by atoms with E-state index in [0.717, 1.165) is 6.07 Å². The van der Waals surface area contributed by atoms with Gasteiger partial charge < -0.3 is 29.3 Å². The highest BCUT2D eigenvalue weighted by atomic mass is 35.5. The number of fused-ring (bicyclic) bond motifs is 1. The van der Waals surface area contributed by atoms with Gasteiger partial charge in [-0.1, -0.05) is 23.7 Å². The Hall–Kier alpha value is -2.33. The maximum Gasteiger partial charge on any atom is 0.469 e. The van der Waals surface area contributed by atoms with Gasteiger partial charge in [-0.05, 0) is 37.6 Å². The summed E-state index contributed by atoms with van der Waals surface area (Å²) in [7, 11) is 2.93. The van der Waals surface area contributed by atoms with E-state index < -0.39 is 36.8 Å². The summed E-state index contributed by atoms with van der Waals surface area (Å²) in [6.45, 7) is 0.665. The quantitative estimate of drug-likeness (QED) is 0.319. The second-order valence-corrected chi connectivity index (χ2v) is 9.58. The molecule has 0 spiro atoms. The molecule has 172 valence electrons. The maximum absolute atomic E-state index is 13.1. The third-order valence-electron chi connectivity index (χ3n) is 5.72. The fourth-order valence-corrected chi connectivity index (χ4v) is 5.04. The molecule has 4 rings (SSSR count). The molecule has 0 saturated carbocycles. The number of piperidine rings is 1. The first-order valence-electron chi connectivity index (χ1n) is 9.96. The molecule has 0 aliphatic carbocycles. The number of likely N-dealkylation sites (N-methyl/N-ethyl adjacent to an activating group) is 1. The van der Waals surface area contributed by atoms with Crippen molar-refractivity contribution in [3.63, 3.8) is 0 Å². The molecule has 2 heterocycles. The van der Waals surface area contributed by atoms with E-state index in [0.29, 0.717) is 18.5 Å². The van der Waals surface area contributed by atoms with Gasteiger partial charge in [-0.25, -0.2) is 4.57 Å². The van der Waals surface area contributed by atoms with E-state index in [1.807, 2.05) is 4.90 Å². The maximum atomic E-state index is 13.1. The lowest BCUT2D eigenvalue weighted by Gasteiger charge is -2.37. The predicted molar refractivity (Wildman–Crippen MR) is 123 cm³/mol. The van der Waals surface area contributed by atoms with Gasteiger partial charge in [0.2, 0.25) is 0 Å². The molecule has 1 aliphatic heterocycles. The Morgan fingerprint density at radius 3 is 2.61 bits per heavy atom. The Balaban J connectivity index is 2.01. The average Bonchev–Trinajstić information content (AvgIpc) is 2.71. The number of halogens is 1. The van der Waals surface area contributed by atoms with E-state index in [2.05, 4.69) is 0 Å². The van der Waals surface area contributed by atoms with Gasteiger partial charge in [0, 0.05) is 29.7 Å². The number of phenols is 2. The van der Waals surface area contributed by atoms with E-state index in [9.17, 15) is 29.4 Å². The minimum Gasteiger partial charge on any atom is -0.507 e. The molecule has 4 N–H and O–H groups in total. The summed E-state index contributed by atoms with van der Waals surface area (Å²) in [5, 5.41) is 21.2. The van der Waals surface area contributed by atoms with Crippen LogP contribution in [0.25, 0.3) is 22.3 Å². The lowest BCUT2D eigenvalue weighted by atomic mass is 9.84. The van der Waals surface area contributed by atoms with Crippen molar-refractivity contribution in [3.05, 3.63) is 51.1 Å². The van der Waals surface area contributed by atoms with Gasteiger partial charge in [-0.3, -0.25) is 9.32 Å². The van der Waals surface area contributed by atoms with Gasteiger partial charge in [-0.2, -0.15) is 0 Å². The molecule has 2 radical (unpaired) electrons. The van der Waals surface area contributed by atoms with Crippen LogP contribution in [0.5, 0.6) is 11.5 Å². The summed E-state index contributed by atoms with van der Waals surface area (Å²) in [6.07, 6.45) is -0.709. The zero-order chi connectivity index (χ0) is 24.1. The number of phosphoric ester groups is 1. The van der Waals surface area contributed by atoms with E-state index in [1.165, 1.54) is 0 Å². The Morgan fingerprint density at radius 1 is 1.24 bits per heavy atom. The zero-order valence-corrected chi connectivity index (χ0v) is 19.1. The summed E-state index contributed by atoms with van der Waals surface area (Å²) >= 11 is 6.27. The molecule has 1 saturated heterocycles. The highest BCUT2D eigenvalue weighted by Crippen LogP contribution is 2.47. The SMILES string of the molecule is [B]c1c(-c2ccccc2Cl)oc2c([C@H]3CCN(C)C[C@H]3OP(=O)(O)O)c(O)cc(O)c2c1=O. The number of aromatic hydroxyl groups is 2. The monoisotopic (exact) mass is 491 g/mol. The second kappa shape index (κ2) is 8.79. The smallest absolute Gasteiger partial charge is 0.469 e. The molecule has 1 fully saturated rings. The number of phosphoric acid groups is 1. The van der Waals surface area contributed by atoms with Crippen LogP contribution in [0.2, 0.25) is 5.02 Å². The van der Waals surface area contributed by atoms with Crippen molar-refractivity contribution < 1.29 is 33.5 Å². The van der Waals surface area contributed by atoms with Crippen LogP contribution in [0, 0.1) is 0 Å². The van der Waals surface area contributed by atoms with E-state index in [4.69, 9.17) is 28.4 Å². The van der Waals surface area contributed by atoms with Gasteiger partial charge >= 0.3 is 7.82 Å². The van der Waals surface area contributed by atoms with Crippen LogP contribution >= 0.6 is 19.4 Å². The largest absolute Gasteiger partial charge is 0.507 e. The van der Waals surface area contributed by atoms with E-state index in [-0.39, 0.29) is 39.3 Å². The number of hydrogen-bond donors (Lipinski definition) is 4. The molecule has 2 aromatic carbocycles. The Morgan fingerprint density at radius 2 is 1.94 bits per heavy atom. The summed E-state index contributed by atoms with van der Waals surface area (Å²) in [6, 6.07) is 7.53. The summed E-state index contributed by atoms with van der Waals surface area (Å²) in [5.41, 5.74) is -0.759. The number of likely N-dealkylation sites (tertiary alicyclic amines) is 1. The summed E-state index contributed by atoms with van der Waals surface area (Å²) < 4.78 is 22.6. The summed E-state index contributed by atoms with van der Waals surface area (Å²) in [4.78, 5) is 33.8. The van der Waals surface area contributed by atoms with Gasteiger partial charge in [0.25, 0.3) is 0 Å². The number of rotatable bonds is 4. The van der Waals surface area contributed by atoms with Crippen molar-refractivity contribution in [1.82, 2.24) is 4.90 Å². The van der Waals surface area contributed by atoms with Gasteiger partial charge in [-0.15, -0.1) is 0 Å². The van der Waals surface area contributed by atoms with Gasteiger partial charge in [0.1, 0.15) is 36.1 Å². The van der Waals surface area contributed by atoms with Crippen molar-refractivity contribution in [2.45, 2.75) is 18.4 Å². The Bertz CT molecular complexity index is 1340. The number of hydrogen-bond acceptors (Lipinski definition) is 7. The third kappa shape index (κ3) is 4.55. The standard InChI is InChI=1S/C21H20BClNO8P/c1-24-7-6-11(15(9-24)32-33(28,29)30)16-13(25)8-14(26)17-19(27)18(22)20(31-21(16)17)10-4-2-3-5-12(10)23/h2-5,8,11,15,25-26H,6-7,9H2,1H3,(H2,28,29,30)/t11-,15+/m0/s1. The Labute approximate surface area is 194 Å². The molecule has 0 unspecified atom stereocenters. The topological polar surface area (TPSA) is 141 Å². The molecule has 33 heavy (non-hydrogen) atoms. The first-order chi connectivity index (χ1) is 15.5. The lowest BCUT2D eigenvalue weighted by Crippen LogP contribution is -2.41. The molecule has 9 nitrogen and oxygen atoms in total. The molecular weight excluding hydrogens is 471 g/mol. The third-order valence-corrected chi connectivity index (χ3v) is 6.60. The fraction of sp³-hybridized carbons (Fsp3) is 0.286. The molecule has 1 aliphatic rings. The van der Waals surface area contributed by atoms with Crippen LogP contribution in [-0.4, -0.2) is 59.0 Å². The van der Waals surface area contributed by atoms with Gasteiger partial charge in [0.05, 0.1) is 11.1 Å². The van der Waals surface area contributed by atoms with Crippen molar-refractivity contribution in [1.29, 1.82) is 0 Å². The van der Waals surface area contributed by atoms with Crippen LogP contribution < -0.4 is 10.9 Å². The van der Waals surface area contributed by atoms with Crippen molar-refractivity contribution in [2.24, 2.45) is 0 Å². The molecule has 0 bridgehead atoms. The molecular formula is C21H20BClNO8P. The minimum atomic E-state index is -4.87. The van der Waals surface area contributed by atoms with Crippen LogP contribution in [0.4, 0.5) is 0 Å². The van der Waals surface area contributed by atoms with Crippen LogP contribution in [-0.2, 0) is 9.09 Å². The molecule has 12 heteroatoms. The zero-order valence-electron chi connectivity index (χ0n) is 17.4. The fourth-order valence-electron chi connectivity index (χ4n) is 4.26. The highest BCUT2D eigenvalue weighted by Gasteiger charge is 2.38. The normalized spacial score (nSPS) is 19.8. The first kappa shape index (κ1) is 23.8. The summed E-state index contributed by atoms with van der Waals surface area (Å²) in [5.74, 6) is -1.77. The van der Waals surface area contributed by atoms with E-state index >= 15 is 0 Å². The van der Waals surface area contributed by atoms with Gasteiger partial charge in [0.15, 0.2) is 5.43 Å².